The Morgan fingerprint density at radius 3 is 2.64 bits per heavy atom. The van der Waals surface area contributed by atoms with Crippen molar-refractivity contribution in [3.05, 3.63) is 17.5 Å². The highest BCUT2D eigenvalue weighted by atomic mass is 15.2. The number of hydrogen-bond donors (Lipinski definition) is 1. The van der Waals surface area contributed by atoms with Gasteiger partial charge in [0.2, 0.25) is 5.95 Å². The van der Waals surface area contributed by atoms with Crippen molar-refractivity contribution in [1.82, 2.24) is 9.97 Å². The van der Waals surface area contributed by atoms with Crippen LogP contribution in [0.4, 0.5) is 5.95 Å². The Morgan fingerprint density at radius 2 is 2.14 bits per heavy atom. The van der Waals surface area contributed by atoms with E-state index in [0.717, 1.165) is 31.0 Å². The van der Waals surface area contributed by atoms with E-state index in [2.05, 4.69) is 9.97 Å². The summed E-state index contributed by atoms with van der Waals surface area (Å²) in [4.78, 5) is 10.6. The Kier molecular flexibility index (Phi) is 3.83. The largest absolute Gasteiger partial charge is 0.347 e. The maximum Gasteiger partial charge on any atom is 0.224 e. The predicted octanol–water partition coefficient (Wildman–Crippen LogP) is 0.742. The number of nitrogens with two attached hydrogens (primary N) is 1. The number of rotatable bonds is 4. The number of aryl methyl sites for hydroxylation is 2. The van der Waals surface area contributed by atoms with Gasteiger partial charge in [0.1, 0.15) is 0 Å². The molecule has 1 rings (SSSR count). The molecule has 0 aliphatic heterocycles. The van der Waals surface area contributed by atoms with Crippen LogP contribution < -0.4 is 10.6 Å². The molecule has 1 aromatic heterocycles. The van der Waals surface area contributed by atoms with Crippen LogP contribution in [0, 0.1) is 6.92 Å². The molecule has 78 valence electrons. The Balaban J connectivity index is 2.79. The van der Waals surface area contributed by atoms with Gasteiger partial charge in [-0.25, -0.2) is 9.97 Å². The minimum atomic E-state index is 0.717. The van der Waals surface area contributed by atoms with Crippen LogP contribution in [-0.4, -0.2) is 30.6 Å². The number of anilines is 1. The lowest BCUT2D eigenvalue weighted by Gasteiger charge is -2.12. The minimum absolute atomic E-state index is 0.717. The summed E-state index contributed by atoms with van der Waals surface area (Å²) in [6.45, 7) is 2.73. The van der Waals surface area contributed by atoms with Gasteiger partial charge >= 0.3 is 0 Å². The predicted molar refractivity (Wildman–Crippen MR) is 58.5 cm³/mol. The van der Waals surface area contributed by atoms with Gasteiger partial charge in [0, 0.05) is 26.0 Å². The van der Waals surface area contributed by atoms with Crippen LogP contribution in [-0.2, 0) is 6.42 Å². The Hall–Kier alpha value is -1.16. The molecule has 0 aromatic carbocycles. The molecule has 0 saturated heterocycles. The molecule has 0 amide bonds. The van der Waals surface area contributed by atoms with E-state index in [0.29, 0.717) is 0 Å². The van der Waals surface area contributed by atoms with E-state index in [1.54, 1.807) is 0 Å². The smallest absolute Gasteiger partial charge is 0.224 e. The summed E-state index contributed by atoms with van der Waals surface area (Å²) in [5.41, 5.74) is 7.70. The van der Waals surface area contributed by atoms with Crippen molar-refractivity contribution in [3.8, 4) is 0 Å². The van der Waals surface area contributed by atoms with E-state index in [1.165, 1.54) is 5.56 Å². The molecule has 0 unspecified atom stereocenters. The van der Waals surface area contributed by atoms with Crippen molar-refractivity contribution in [2.24, 2.45) is 5.73 Å². The van der Waals surface area contributed by atoms with E-state index >= 15 is 0 Å². The number of hydrogen-bond acceptors (Lipinski definition) is 4. The maximum atomic E-state index is 5.46. The Morgan fingerprint density at radius 1 is 1.43 bits per heavy atom. The van der Waals surface area contributed by atoms with Crippen molar-refractivity contribution >= 4 is 5.95 Å². The molecule has 2 N–H and O–H groups in total. The highest BCUT2D eigenvalue weighted by molar-refractivity contribution is 5.30. The standard InChI is InChI=1S/C10H18N4/c1-8-9(5-4-6-11)7-12-10(13-8)14(2)3/h7H,4-6,11H2,1-3H3. The molecule has 0 aliphatic carbocycles. The average Bonchev–Trinajstić information content (AvgIpc) is 2.15. The van der Waals surface area contributed by atoms with Crippen LogP contribution in [0.5, 0.6) is 0 Å². The molecule has 1 aromatic rings. The molecule has 0 saturated carbocycles. The summed E-state index contributed by atoms with van der Waals surface area (Å²) >= 11 is 0. The molecule has 0 fully saturated rings. The highest BCUT2D eigenvalue weighted by Crippen LogP contribution is 2.10. The fourth-order valence-electron chi connectivity index (χ4n) is 1.23. The van der Waals surface area contributed by atoms with Crippen molar-refractivity contribution in [1.29, 1.82) is 0 Å². The molecule has 1 heterocycles. The summed E-state index contributed by atoms with van der Waals surface area (Å²) in [5, 5.41) is 0. The number of aromatic nitrogens is 2. The summed E-state index contributed by atoms with van der Waals surface area (Å²) in [7, 11) is 3.88. The molecule has 14 heavy (non-hydrogen) atoms. The minimum Gasteiger partial charge on any atom is -0.347 e. The normalized spacial score (nSPS) is 10.3. The number of nitrogens with zero attached hydrogens (tertiary/aromatic N) is 3. The lowest BCUT2D eigenvalue weighted by Crippen LogP contribution is -2.14. The third kappa shape index (κ3) is 2.67. The zero-order valence-electron chi connectivity index (χ0n) is 9.12. The molecule has 4 nitrogen and oxygen atoms in total. The fourth-order valence-corrected chi connectivity index (χ4v) is 1.23. The van der Waals surface area contributed by atoms with Crippen LogP contribution >= 0.6 is 0 Å². The van der Waals surface area contributed by atoms with Gasteiger partial charge in [-0.2, -0.15) is 0 Å². The van der Waals surface area contributed by atoms with Gasteiger partial charge < -0.3 is 10.6 Å². The Labute approximate surface area is 85.2 Å². The van der Waals surface area contributed by atoms with Gasteiger partial charge in [0.05, 0.1) is 0 Å². The molecular weight excluding hydrogens is 176 g/mol. The van der Waals surface area contributed by atoms with Crippen molar-refractivity contribution in [3.63, 3.8) is 0 Å². The third-order valence-electron chi connectivity index (χ3n) is 2.12. The van der Waals surface area contributed by atoms with Gasteiger partial charge in [0.25, 0.3) is 0 Å². The lowest BCUT2D eigenvalue weighted by molar-refractivity contribution is 0.811. The second-order valence-corrected chi connectivity index (χ2v) is 3.57. The summed E-state index contributed by atoms with van der Waals surface area (Å²) < 4.78 is 0. The summed E-state index contributed by atoms with van der Waals surface area (Å²) in [5.74, 6) is 0.763. The van der Waals surface area contributed by atoms with E-state index < -0.39 is 0 Å². The molecule has 0 atom stereocenters. The average molecular weight is 194 g/mol. The summed E-state index contributed by atoms with van der Waals surface area (Å²) in [6.07, 6.45) is 3.86. The van der Waals surface area contributed by atoms with Gasteiger partial charge in [-0.05, 0) is 31.9 Å². The van der Waals surface area contributed by atoms with Crippen LogP contribution in [0.15, 0.2) is 6.20 Å². The highest BCUT2D eigenvalue weighted by Gasteiger charge is 2.03. The van der Waals surface area contributed by atoms with Crippen molar-refractivity contribution in [2.75, 3.05) is 25.5 Å². The molecular formula is C10H18N4. The zero-order valence-corrected chi connectivity index (χ0v) is 9.12. The lowest BCUT2D eigenvalue weighted by atomic mass is 10.1. The zero-order chi connectivity index (χ0) is 10.6. The fraction of sp³-hybridized carbons (Fsp3) is 0.600. The third-order valence-corrected chi connectivity index (χ3v) is 2.12. The van der Waals surface area contributed by atoms with Crippen molar-refractivity contribution < 1.29 is 0 Å². The molecule has 4 heteroatoms. The van der Waals surface area contributed by atoms with Gasteiger partial charge in [-0.3, -0.25) is 0 Å². The van der Waals surface area contributed by atoms with E-state index in [1.807, 2.05) is 32.1 Å². The van der Waals surface area contributed by atoms with Crippen LogP contribution in [0.2, 0.25) is 0 Å². The first-order valence-corrected chi connectivity index (χ1v) is 4.85. The monoisotopic (exact) mass is 194 g/mol. The van der Waals surface area contributed by atoms with Crippen molar-refractivity contribution in [2.45, 2.75) is 19.8 Å². The van der Waals surface area contributed by atoms with Gasteiger partial charge in [0.15, 0.2) is 0 Å². The Bertz CT molecular complexity index is 296. The molecule has 0 bridgehead atoms. The second-order valence-electron chi connectivity index (χ2n) is 3.57. The second kappa shape index (κ2) is 4.91. The van der Waals surface area contributed by atoms with E-state index in [4.69, 9.17) is 5.73 Å². The van der Waals surface area contributed by atoms with E-state index in [9.17, 15) is 0 Å². The first-order chi connectivity index (χ1) is 6.65. The maximum absolute atomic E-state index is 5.46. The van der Waals surface area contributed by atoms with Gasteiger partial charge in [-0.1, -0.05) is 0 Å². The van der Waals surface area contributed by atoms with E-state index in [-0.39, 0.29) is 0 Å². The quantitative estimate of drug-likeness (QED) is 0.768. The topological polar surface area (TPSA) is 55.0 Å². The first-order valence-electron chi connectivity index (χ1n) is 4.85. The summed E-state index contributed by atoms with van der Waals surface area (Å²) in [6, 6.07) is 0. The molecule has 0 radical (unpaired) electrons. The first kappa shape index (κ1) is 10.9. The van der Waals surface area contributed by atoms with Crippen LogP contribution in [0.3, 0.4) is 0 Å². The van der Waals surface area contributed by atoms with Crippen LogP contribution in [0.1, 0.15) is 17.7 Å². The van der Waals surface area contributed by atoms with Crippen LogP contribution in [0.25, 0.3) is 0 Å². The molecule has 0 aliphatic rings. The molecule has 0 spiro atoms. The van der Waals surface area contributed by atoms with Gasteiger partial charge in [-0.15, -0.1) is 0 Å². The SMILES string of the molecule is Cc1nc(N(C)C)ncc1CCCN.